The van der Waals surface area contributed by atoms with Gasteiger partial charge in [0.05, 0.1) is 11.6 Å². The molecule has 1 atom stereocenters. The molecule has 0 bridgehead atoms. The van der Waals surface area contributed by atoms with E-state index in [-0.39, 0.29) is 11.9 Å². The van der Waals surface area contributed by atoms with Gasteiger partial charge in [-0.05, 0) is 24.6 Å². The summed E-state index contributed by atoms with van der Waals surface area (Å²) in [6, 6.07) is 8.95. The van der Waals surface area contributed by atoms with Crippen molar-refractivity contribution in [3.05, 3.63) is 29.8 Å². The fourth-order valence-electron chi connectivity index (χ4n) is 1.76. The Hall–Kier alpha value is -1.86. The molecule has 18 heavy (non-hydrogen) atoms. The second kappa shape index (κ2) is 6.77. The van der Waals surface area contributed by atoms with Crippen molar-refractivity contribution < 1.29 is 4.79 Å². The van der Waals surface area contributed by atoms with Crippen LogP contribution in [0.3, 0.4) is 0 Å². The Morgan fingerprint density at radius 1 is 1.56 bits per heavy atom. The summed E-state index contributed by atoms with van der Waals surface area (Å²) < 4.78 is 0. The molecular formula is C14H19N3O. The zero-order chi connectivity index (χ0) is 13.5. The van der Waals surface area contributed by atoms with E-state index in [9.17, 15) is 4.79 Å². The van der Waals surface area contributed by atoms with Crippen LogP contribution >= 0.6 is 0 Å². The van der Waals surface area contributed by atoms with Crippen LogP contribution in [-0.4, -0.2) is 19.0 Å². The lowest BCUT2D eigenvalue weighted by Gasteiger charge is -2.19. The van der Waals surface area contributed by atoms with E-state index in [4.69, 9.17) is 11.0 Å². The highest BCUT2D eigenvalue weighted by Gasteiger charge is 2.14. The molecule has 4 heteroatoms. The molecule has 0 fully saturated rings. The van der Waals surface area contributed by atoms with Gasteiger partial charge in [-0.2, -0.15) is 5.26 Å². The molecule has 0 heterocycles. The van der Waals surface area contributed by atoms with Gasteiger partial charge in [0.2, 0.25) is 5.91 Å². The quantitative estimate of drug-likeness (QED) is 0.863. The SMILES string of the molecule is CCCC(N)CC(=O)N(C)c1cccc(C#N)c1. The number of nitriles is 1. The van der Waals surface area contributed by atoms with Crippen molar-refractivity contribution in [2.45, 2.75) is 32.2 Å². The minimum Gasteiger partial charge on any atom is -0.327 e. The summed E-state index contributed by atoms with van der Waals surface area (Å²) in [5, 5.41) is 8.82. The lowest BCUT2D eigenvalue weighted by atomic mass is 10.1. The molecule has 96 valence electrons. The molecule has 4 nitrogen and oxygen atoms in total. The van der Waals surface area contributed by atoms with Gasteiger partial charge >= 0.3 is 0 Å². The molecule has 0 aliphatic carbocycles. The molecule has 1 amide bonds. The van der Waals surface area contributed by atoms with Gasteiger partial charge in [0.1, 0.15) is 0 Å². The highest BCUT2D eigenvalue weighted by Crippen LogP contribution is 2.16. The number of hydrogen-bond acceptors (Lipinski definition) is 3. The van der Waals surface area contributed by atoms with Crippen LogP contribution in [0.25, 0.3) is 0 Å². The molecule has 0 saturated carbocycles. The lowest BCUT2D eigenvalue weighted by Crippen LogP contribution is -2.33. The highest BCUT2D eigenvalue weighted by molar-refractivity contribution is 5.93. The van der Waals surface area contributed by atoms with Crippen LogP contribution in [0.1, 0.15) is 31.7 Å². The molecule has 1 unspecified atom stereocenters. The van der Waals surface area contributed by atoms with Gasteiger partial charge in [-0.15, -0.1) is 0 Å². The molecule has 0 saturated heterocycles. The Kier molecular flexibility index (Phi) is 5.34. The Morgan fingerprint density at radius 2 is 2.28 bits per heavy atom. The van der Waals surface area contributed by atoms with Gasteiger partial charge < -0.3 is 10.6 Å². The van der Waals surface area contributed by atoms with E-state index < -0.39 is 0 Å². The minimum absolute atomic E-state index is 0.0222. The monoisotopic (exact) mass is 245 g/mol. The molecule has 0 aliphatic rings. The number of carbonyl (C=O) groups excluding carboxylic acids is 1. The third kappa shape index (κ3) is 3.86. The van der Waals surface area contributed by atoms with Gasteiger partial charge in [-0.1, -0.05) is 19.4 Å². The van der Waals surface area contributed by atoms with Gasteiger partial charge in [0.15, 0.2) is 0 Å². The summed E-state index contributed by atoms with van der Waals surface area (Å²) in [6.07, 6.45) is 2.15. The largest absolute Gasteiger partial charge is 0.327 e. The summed E-state index contributed by atoms with van der Waals surface area (Å²) >= 11 is 0. The topological polar surface area (TPSA) is 70.1 Å². The summed E-state index contributed by atoms with van der Waals surface area (Å²) in [7, 11) is 1.71. The van der Waals surface area contributed by atoms with Crippen molar-refractivity contribution >= 4 is 11.6 Å². The highest BCUT2D eigenvalue weighted by atomic mass is 16.2. The summed E-state index contributed by atoms with van der Waals surface area (Å²) in [6.45, 7) is 2.05. The molecule has 2 N–H and O–H groups in total. The molecule has 0 aliphatic heterocycles. The van der Waals surface area contributed by atoms with E-state index >= 15 is 0 Å². The number of nitrogens with zero attached hydrogens (tertiary/aromatic N) is 2. The van der Waals surface area contributed by atoms with E-state index in [0.717, 1.165) is 18.5 Å². The van der Waals surface area contributed by atoms with Crippen molar-refractivity contribution in [1.29, 1.82) is 5.26 Å². The Labute approximate surface area is 108 Å². The summed E-state index contributed by atoms with van der Waals surface area (Å²) in [4.78, 5) is 13.5. The molecule has 0 radical (unpaired) electrons. The predicted octanol–water partition coefficient (Wildman–Crippen LogP) is 2.04. The Bertz CT molecular complexity index is 451. The predicted molar refractivity (Wildman–Crippen MR) is 72.1 cm³/mol. The van der Waals surface area contributed by atoms with E-state index in [1.807, 2.05) is 13.0 Å². The van der Waals surface area contributed by atoms with Crippen LogP contribution in [0.5, 0.6) is 0 Å². The Morgan fingerprint density at radius 3 is 2.89 bits per heavy atom. The smallest absolute Gasteiger partial charge is 0.228 e. The fraction of sp³-hybridized carbons (Fsp3) is 0.429. The fourth-order valence-corrected chi connectivity index (χ4v) is 1.76. The van der Waals surface area contributed by atoms with Gasteiger partial charge in [-0.25, -0.2) is 0 Å². The Balaban J connectivity index is 2.71. The van der Waals surface area contributed by atoms with Crippen molar-refractivity contribution in [3.63, 3.8) is 0 Å². The van der Waals surface area contributed by atoms with Crippen molar-refractivity contribution in [2.24, 2.45) is 5.73 Å². The number of nitrogens with two attached hydrogens (primary N) is 1. The minimum atomic E-state index is -0.0934. The second-order valence-electron chi connectivity index (χ2n) is 4.37. The maximum atomic E-state index is 12.0. The first-order valence-corrected chi connectivity index (χ1v) is 6.10. The lowest BCUT2D eigenvalue weighted by molar-refractivity contribution is -0.118. The summed E-state index contributed by atoms with van der Waals surface area (Å²) in [5.41, 5.74) is 7.13. The van der Waals surface area contributed by atoms with Crippen LogP contribution < -0.4 is 10.6 Å². The van der Waals surface area contributed by atoms with Crippen LogP contribution in [-0.2, 0) is 4.79 Å². The normalized spacial score (nSPS) is 11.7. The first-order valence-electron chi connectivity index (χ1n) is 6.10. The van der Waals surface area contributed by atoms with Gasteiger partial charge in [0, 0.05) is 25.2 Å². The number of rotatable bonds is 5. The average Bonchev–Trinajstić information content (AvgIpc) is 2.38. The first-order chi connectivity index (χ1) is 8.58. The standard InChI is InChI=1S/C14H19N3O/c1-3-5-12(16)9-14(18)17(2)13-7-4-6-11(8-13)10-15/h4,6-8,12H,3,5,9,16H2,1-2H3. The van der Waals surface area contributed by atoms with Crippen LogP contribution in [0.2, 0.25) is 0 Å². The summed E-state index contributed by atoms with van der Waals surface area (Å²) in [5.74, 6) is -0.0222. The third-order valence-corrected chi connectivity index (χ3v) is 2.83. The number of amides is 1. The maximum Gasteiger partial charge on any atom is 0.228 e. The van der Waals surface area contributed by atoms with Crippen molar-refractivity contribution in [1.82, 2.24) is 0 Å². The van der Waals surface area contributed by atoms with E-state index in [1.54, 1.807) is 30.1 Å². The second-order valence-corrected chi connectivity index (χ2v) is 4.37. The molecule has 1 aromatic rings. The first kappa shape index (κ1) is 14.2. The molecule has 0 spiro atoms. The van der Waals surface area contributed by atoms with Crippen molar-refractivity contribution in [2.75, 3.05) is 11.9 Å². The third-order valence-electron chi connectivity index (χ3n) is 2.83. The van der Waals surface area contributed by atoms with Gasteiger partial charge in [0.25, 0.3) is 0 Å². The number of anilines is 1. The van der Waals surface area contributed by atoms with Crippen LogP contribution in [0, 0.1) is 11.3 Å². The van der Waals surface area contributed by atoms with Crippen molar-refractivity contribution in [3.8, 4) is 6.07 Å². The van der Waals surface area contributed by atoms with Crippen LogP contribution in [0.4, 0.5) is 5.69 Å². The molecule has 0 aromatic heterocycles. The number of benzene rings is 1. The van der Waals surface area contributed by atoms with Gasteiger partial charge in [-0.3, -0.25) is 4.79 Å². The van der Waals surface area contributed by atoms with E-state index in [0.29, 0.717) is 12.0 Å². The number of hydrogen-bond donors (Lipinski definition) is 1. The zero-order valence-corrected chi connectivity index (χ0v) is 10.9. The van der Waals surface area contributed by atoms with E-state index in [2.05, 4.69) is 6.07 Å². The average molecular weight is 245 g/mol. The molecule has 1 aromatic carbocycles. The molecule has 1 rings (SSSR count). The number of carbonyl (C=O) groups is 1. The maximum absolute atomic E-state index is 12.0. The zero-order valence-electron chi connectivity index (χ0n) is 10.9. The molecular weight excluding hydrogens is 226 g/mol. The van der Waals surface area contributed by atoms with Crippen LogP contribution in [0.15, 0.2) is 24.3 Å². The van der Waals surface area contributed by atoms with E-state index in [1.165, 1.54) is 0 Å².